The summed E-state index contributed by atoms with van der Waals surface area (Å²) in [6, 6.07) is 3.92. The molecule has 4 amide bonds. The van der Waals surface area contributed by atoms with Crippen molar-refractivity contribution >= 4 is 35.6 Å². The number of carboxylic acid groups (broad SMARTS) is 1. The second-order valence-corrected chi connectivity index (χ2v) is 11.6. The third kappa shape index (κ3) is 17.3. The first kappa shape index (κ1) is 40.7. The monoisotopic (exact) mass is 664 g/mol. The number of hydrogen-bond donors (Lipinski definition) is 9. The minimum atomic E-state index is -1.50. The van der Waals surface area contributed by atoms with Crippen LogP contribution in [0.3, 0.4) is 0 Å². The SMILES string of the molecule is CC(C)NCCCOCC(=O)N[C@@H](CCCN=C(N)N)C(=O)N[C@H](C(=O)N[C@@H](CO)C(=O)N[C@@H](Cc1ccccc1)C(=O)O)C(C)C. The van der Waals surface area contributed by atoms with Crippen molar-refractivity contribution in [2.24, 2.45) is 22.4 Å². The summed E-state index contributed by atoms with van der Waals surface area (Å²) in [7, 11) is 0. The molecule has 1 aromatic rings. The van der Waals surface area contributed by atoms with E-state index in [2.05, 4.69) is 31.6 Å². The average molecular weight is 665 g/mol. The summed E-state index contributed by atoms with van der Waals surface area (Å²) in [5.41, 5.74) is 11.4. The maximum Gasteiger partial charge on any atom is 0.326 e. The Bertz CT molecular complexity index is 1160. The second kappa shape index (κ2) is 22.3. The van der Waals surface area contributed by atoms with E-state index in [0.717, 1.165) is 6.54 Å². The van der Waals surface area contributed by atoms with Crippen LogP contribution in [0.5, 0.6) is 0 Å². The van der Waals surface area contributed by atoms with Gasteiger partial charge in [0.1, 0.15) is 30.8 Å². The first-order valence-corrected chi connectivity index (χ1v) is 15.7. The van der Waals surface area contributed by atoms with Crippen molar-refractivity contribution in [2.45, 2.75) is 83.6 Å². The molecule has 0 heterocycles. The predicted molar refractivity (Wildman–Crippen MR) is 176 cm³/mol. The lowest BCUT2D eigenvalue weighted by molar-refractivity contribution is -0.142. The van der Waals surface area contributed by atoms with E-state index in [0.29, 0.717) is 31.1 Å². The van der Waals surface area contributed by atoms with Crippen LogP contribution in [0.15, 0.2) is 35.3 Å². The number of aliphatic carboxylic acids is 1. The highest BCUT2D eigenvalue weighted by Gasteiger charge is 2.32. The number of aliphatic hydroxyl groups is 1. The molecule has 0 aliphatic carbocycles. The molecule has 11 N–H and O–H groups in total. The number of hydrogen-bond acceptors (Lipinski definition) is 9. The van der Waals surface area contributed by atoms with E-state index in [1.54, 1.807) is 44.2 Å². The predicted octanol–water partition coefficient (Wildman–Crippen LogP) is -1.64. The zero-order valence-electron chi connectivity index (χ0n) is 27.7. The molecule has 0 aliphatic rings. The van der Waals surface area contributed by atoms with Gasteiger partial charge in [0, 0.05) is 25.6 Å². The van der Waals surface area contributed by atoms with Crippen LogP contribution >= 0.6 is 0 Å². The number of rotatable bonds is 23. The van der Waals surface area contributed by atoms with Crippen molar-refractivity contribution in [3.63, 3.8) is 0 Å². The molecule has 0 saturated heterocycles. The fraction of sp³-hybridized carbons (Fsp3) is 0.613. The van der Waals surface area contributed by atoms with Gasteiger partial charge in [-0.15, -0.1) is 0 Å². The third-order valence-corrected chi connectivity index (χ3v) is 6.81. The van der Waals surface area contributed by atoms with Gasteiger partial charge in [0.15, 0.2) is 5.96 Å². The highest BCUT2D eigenvalue weighted by molar-refractivity contribution is 5.95. The normalized spacial score (nSPS) is 13.6. The molecule has 16 heteroatoms. The maximum atomic E-state index is 13.4. The first-order chi connectivity index (χ1) is 22.2. The van der Waals surface area contributed by atoms with Gasteiger partial charge in [0.2, 0.25) is 23.6 Å². The summed E-state index contributed by atoms with van der Waals surface area (Å²) in [4.78, 5) is 67.8. The van der Waals surface area contributed by atoms with E-state index in [1.807, 2.05) is 13.8 Å². The highest BCUT2D eigenvalue weighted by atomic mass is 16.5. The van der Waals surface area contributed by atoms with Gasteiger partial charge in [-0.2, -0.15) is 0 Å². The molecule has 0 spiro atoms. The fourth-order valence-corrected chi connectivity index (χ4v) is 4.30. The Balaban J connectivity index is 2.90. The number of amides is 4. The Morgan fingerprint density at radius 3 is 2.06 bits per heavy atom. The lowest BCUT2D eigenvalue weighted by atomic mass is 10.0. The second-order valence-electron chi connectivity index (χ2n) is 11.6. The summed E-state index contributed by atoms with van der Waals surface area (Å²) in [6.45, 7) is 7.51. The fourth-order valence-electron chi connectivity index (χ4n) is 4.30. The number of ether oxygens (including phenoxy) is 1. The van der Waals surface area contributed by atoms with Gasteiger partial charge in [-0.1, -0.05) is 58.0 Å². The molecule has 16 nitrogen and oxygen atoms in total. The number of aliphatic hydroxyl groups excluding tert-OH is 1. The molecule has 1 aromatic carbocycles. The quantitative estimate of drug-likeness (QED) is 0.0364. The van der Waals surface area contributed by atoms with Crippen LogP contribution < -0.4 is 38.1 Å². The van der Waals surface area contributed by atoms with Crippen LogP contribution in [0.2, 0.25) is 0 Å². The molecule has 0 unspecified atom stereocenters. The van der Waals surface area contributed by atoms with Crippen LogP contribution in [0.4, 0.5) is 0 Å². The lowest BCUT2D eigenvalue weighted by Crippen LogP contribution is -2.60. The zero-order valence-corrected chi connectivity index (χ0v) is 27.7. The number of nitrogens with one attached hydrogen (secondary N) is 5. The number of carbonyl (C=O) groups is 5. The molecular formula is C31H52N8O8. The Labute approximate surface area is 275 Å². The summed E-state index contributed by atoms with van der Waals surface area (Å²) in [5, 5.41) is 32.7. The Kier molecular flexibility index (Phi) is 19.3. The van der Waals surface area contributed by atoms with Crippen molar-refractivity contribution in [1.29, 1.82) is 0 Å². The molecule has 0 aliphatic heterocycles. The highest BCUT2D eigenvalue weighted by Crippen LogP contribution is 2.07. The van der Waals surface area contributed by atoms with E-state index >= 15 is 0 Å². The average Bonchev–Trinajstić information content (AvgIpc) is 3.01. The van der Waals surface area contributed by atoms with Crippen LogP contribution in [-0.2, 0) is 35.1 Å². The van der Waals surface area contributed by atoms with Crippen LogP contribution in [0.1, 0.15) is 52.5 Å². The standard InChI is InChI=1S/C31H52N8O8/c1-19(2)26(29(44)38-24(17-40)28(43)37-23(30(45)46)16-21-10-6-5-7-11-21)39-27(42)22(12-8-13-35-31(32)33)36-25(41)18-47-15-9-14-34-20(3)4/h5-7,10-11,19-20,22-24,26,34,40H,8-9,12-18H2,1-4H3,(H,36,41)(H,37,43)(H,38,44)(H,39,42)(H,45,46)(H4,32,33,35)/t22-,23-,24-,26-/m0/s1. The van der Waals surface area contributed by atoms with E-state index in [9.17, 15) is 34.2 Å². The van der Waals surface area contributed by atoms with Gasteiger partial charge >= 0.3 is 5.97 Å². The number of nitrogens with two attached hydrogens (primary N) is 2. The number of guanidine groups is 1. The molecule has 0 radical (unpaired) electrons. The van der Waals surface area contributed by atoms with Gasteiger partial charge in [-0.05, 0) is 37.3 Å². The Hall–Kier alpha value is -4.28. The number of nitrogens with zero attached hydrogens (tertiary/aromatic N) is 1. The van der Waals surface area contributed by atoms with E-state index in [-0.39, 0.29) is 32.0 Å². The van der Waals surface area contributed by atoms with Crippen molar-refractivity contribution in [1.82, 2.24) is 26.6 Å². The van der Waals surface area contributed by atoms with Crippen molar-refractivity contribution in [2.75, 3.05) is 32.9 Å². The third-order valence-electron chi connectivity index (χ3n) is 6.81. The van der Waals surface area contributed by atoms with E-state index in [1.165, 1.54) is 0 Å². The largest absolute Gasteiger partial charge is 0.480 e. The summed E-state index contributed by atoms with van der Waals surface area (Å²) >= 11 is 0. The van der Waals surface area contributed by atoms with Crippen molar-refractivity contribution < 1.29 is 38.9 Å². The maximum absolute atomic E-state index is 13.4. The van der Waals surface area contributed by atoms with Gasteiger partial charge in [-0.3, -0.25) is 24.2 Å². The van der Waals surface area contributed by atoms with Crippen LogP contribution in [0, 0.1) is 5.92 Å². The molecule has 1 rings (SSSR count). The lowest BCUT2D eigenvalue weighted by Gasteiger charge is -2.27. The molecule has 4 atom stereocenters. The molecule has 0 saturated carbocycles. The molecule has 0 aromatic heterocycles. The van der Waals surface area contributed by atoms with Crippen molar-refractivity contribution in [3.8, 4) is 0 Å². The topological polar surface area (TPSA) is 260 Å². The minimum absolute atomic E-state index is 0.0185. The number of aliphatic imine (C=N–C) groups is 1. The number of benzene rings is 1. The Morgan fingerprint density at radius 2 is 1.49 bits per heavy atom. The van der Waals surface area contributed by atoms with Gasteiger partial charge < -0.3 is 53.0 Å². The molecule has 0 fully saturated rings. The van der Waals surface area contributed by atoms with Gasteiger partial charge in [-0.25, -0.2) is 4.79 Å². The van der Waals surface area contributed by atoms with Gasteiger partial charge in [0.25, 0.3) is 0 Å². The van der Waals surface area contributed by atoms with Crippen LogP contribution in [0.25, 0.3) is 0 Å². The summed E-state index contributed by atoms with van der Waals surface area (Å²) in [6.07, 6.45) is 1.14. The number of carboxylic acids is 1. The Morgan fingerprint density at radius 1 is 0.851 bits per heavy atom. The molecule has 47 heavy (non-hydrogen) atoms. The summed E-state index contributed by atoms with van der Waals surface area (Å²) in [5.74, 6) is -4.80. The smallest absolute Gasteiger partial charge is 0.326 e. The first-order valence-electron chi connectivity index (χ1n) is 15.7. The van der Waals surface area contributed by atoms with Gasteiger partial charge in [0.05, 0.1) is 6.61 Å². The van der Waals surface area contributed by atoms with E-state index < -0.39 is 66.3 Å². The molecular weight excluding hydrogens is 612 g/mol. The minimum Gasteiger partial charge on any atom is -0.480 e. The zero-order chi connectivity index (χ0) is 35.4. The van der Waals surface area contributed by atoms with Crippen LogP contribution in [-0.4, -0.2) is 109 Å². The van der Waals surface area contributed by atoms with Crippen molar-refractivity contribution in [3.05, 3.63) is 35.9 Å². The number of carbonyl (C=O) groups excluding carboxylic acids is 4. The molecule has 264 valence electrons. The summed E-state index contributed by atoms with van der Waals surface area (Å²) < 4.78 is 5.43. The molecule has 0 bridgehead atoms. The van der Waals surface area contributed by atoms with E-state index in [4.69, 9.17) is 16.2 Å².